The number of rotatable bonds is 2. The van der Waals surface area contributed by atoms with Crippen LogP contribution in [0.1, 0.15) is 10.4 Å². The fourth-order valence-corrected chi connectivity index (χ4v) is 2.01. The number of pyridine rings is 1. The first-order valence-corrected chi connectivity index (χ1v) is 6.11. The number of benzene rings is 1. The summed E-state index contributed by atoms with van der Waals surface area (Å²) in [7, 11) is 0. The van der Waals surface area contributed by atoms with Crippen LogP contribution < -0.4 is 11.1 Å². The van der Waals surface area contributed by atoms with Crippen LogP contribution in [0.2, 0.25) is 0 Å². The highest BCUT2D eigenvalue weighted by molar-refractivity contribution is 14.1. The minimum Gasteiger partial charge on any atom is -0.397 e. The number of nitrogens with two attached hydrogens (primary N) is 1. The van der Waals surface area contributed by atoms with Gasteiger partial charge >= 0.3 is 0 Å². The molecule has 1 heterocycles. The number of anilines is 2. The van der Waals surface area contributed by atoms with Crippen molar-refractivity contribution >= 4 is 39.9 Å². The van der Waals surface area contributed by atoms with E-state index in [1.165, 1.54) is 36.7 Å². The molecule has 0 radical (unpaired) electrons. The Morgan fingerprint density at radius 3 is 2.83 bits per heavy atom. The van der Waals surface area contributed by atoms with Gasteiger partial charge in [-0.2, -0.15) is 0 Å². The third-order valence-corrected chi connectivity index (χ3v) is 3.17. The minimum atomic E-state index is -0.348. The fourth-order valence-electron chi connectivity index (χ4n) is 1.39. The monoisotopic (exact) mass is 357 g/mol. The van der Waals surface area contributed by atoms with Crippen molar-refractivity contribution in [2.75, 3.05) is 11.1 Å². The van der Waals surface area contributed by atoms with Gasteiger partial charge in [0.1, 0.15) is 5.82 Å². The second kappa shape index (κ2) is 5.30. The summed E-state index contributed by atoms with van der Waals surface area (Å²) in [5.74, 6) is -0.694. The van der Waals surface area contributed by atoms with Crippen molar-refractivity contribution in [2.45, 2.75) is 0 Å². The van der Waals surface area contributed by atoms with Crippen molar-refractivity contribution in [3.05, 3.63) is 51.6 Å². The van der Waals surface area contributed by atoms with Crippen LogP contribution in [0.25, 0.3) is 0 Å². The van der Waals surface area contributed by atoms with Gasteiger partial charge in [-0.3, -0.25) is 9.78 Å². The van der Waals surface area contributed by atoms with Crippen molar-refractivity contribution in [2.24, 2.45) is 0 Å². The number of nitrogens with one attached hydrogen (secondary N) is 1. The summed E-state index contributed by atoms with van der Waals surface area (Å²) in [4.78, 5) is 15.8. The van der Waals surface area contributed by atoms with Crippen molar-refractivity contribution in [3.8, 4) is 0 Å². The molecule has 0 spiro atoms. The molecule has 92 valence electrons. The summed E-state index contributed by atoms with van der Waals surface area (Å²) >= 11 is 1.95. The number of carbonyl (C=O) groups is 1. The third kappa shape index (κ3) is 2.76. The molecular formula is C12H9FIN3O. The molecule has 1 aromatic heterocycles. The van der Waals surface area contributed by atoms with Gasteiger partial charge in [-0.05, 0) is 46.9 Å². The molecule has 1 aromatic carbocycles. The number of carbonyl (C=O) groups excluding carboxylic acids is 1. The SMILES string of the molecule is Nc1cnccc1C(=O)Nc1ccc(F)cc1I. The number of hydrogen-bond acceptors (Lipinski definition) is 3. The van der Waals surface area contributed by atoms with Gasteiger partial charge in [0, 0.05) is 9.77 Å². The van der Waals surface area contributed by atoms with Gasteiger partial charge in [0.05, 0.1) is 23.1 Å². The molecule has 4 nitrogen and oxygen atoms in total. The van der Waals surface area contributed by atoms with E-state index >= 15 is 0 Å². The lowest BCUT2D eigenvalue weighted by atomic mass is 10.2. The van der Waals surface area contributed by atoms with Gasteiger partial charge in [0.25, 0.3) is 5.91 Å². The standard InChI is InChI=1S/C12H9FIN3O/c13-7-1-2-11(9(14)5-7)17-12(18)8-3-4-16-6-10(8)15/h1-6H,15H2,(H,17,18). The average Bonchev–Trinajstić information content (AvgIpc) is 2.33. The average molecular weight is 357 g/mol. The molecule has 0 aliphatic heterocycles. The predicted octanol–water partition coefficient (Wildman–Crippen LogP) is 2.66. The Labute approximate surface area is 117 Å². The van der Waals surface area contributed by atoms with E-state index in [1.54, 1.807) is 0 Å². The maximum Gasteiger partial charge on any atom is 0.257 e. The quantitative estimate of drug-likeness (QED) is 0.813. The Bertz CT molecular complexity index is 604. The lowest BCUT2D eigenvalue weighted by Gasteiger charge is -2.08. The first kappa shape index (κ1) is 12.7. The number of halogens is 2. The number of aromatic nitrogens is 1. The molecule has 6 heteroatoms. The Morgan fingerprint density at radius 2 is 2.17 bits per heavy atom. The summed E-state index contributed by atoms with van der Waals surface area (Å²) in [5.41, 5.74) is 6.83. The Morgan fingerprint density at radius 1 is 1.39 bits per heavy atom. The molecule has 2 aromatic rings. The van der Waals surface area contributed by atoms with Gasteiger partial charge in [-0.25, -0.2) is 4.39 Å². The zero-order valence-electron chi connectivity index (χ0n) is 9.15. The molecule has 0 aliphatic rings. The molecule has 18 heavy (non-hydrogen) atoms. The summed E-state index contributed by atoms with van der Waals surface area (Å²) in [5, 5.41) is 2.67. The molecule has 0 unspecified atom stereocenters. The van der Waals surface area contributed by atoms with E-state index in [2.05, 4.69) is 10.3 Å². The van der Waals surface area contributed by atoms with Crippen LogP contribution >= 0.6 is 22.6 Å². The Hall–Kier alpha value is -1.70. The van der Waals surface area contributed by atoms with Crippen molar-refractivity contribution < 1.29 is 9.18 Å². The number of hydrogen-bond donors (Lipinski definition) is 2. The van der Waals surface area contributed by atoms with Crippen LogP contribution in [0.3, 0.4) is 0 Å². The van der Waals surface area contributed by atoms with Crippen molar-refractivity contribution in [1.82, 2.24) is 4.98 Å². The Kier molecular flexibility index (Phi) is 3.75. The lowest BCUT2D eigenvalue weighted by molar-refractivity contribution is 0.102. The molecule has 0 aliphatic carbocycles. The van der Waals surface area contributed by atoms with Gasteiger partial charge < -0.3 is 11.1 Å². The molecule has 0 bridgehead atoms. The van der Waals surface area contributed by atoms with E-state index in [-0.39, 0.29) is 11.7 Å². The minimum absolute atomic E-state index is 0.298. The normalized spacial score (nSPS) is 10.1. The van der Waals surface area contributed by atoms with E-state index in [0.717, 1.165) is 0 Å². The van der Waals surface area contributed by atoms with Crippen LogP contribution in [0.5, 0.6) is 0 Å². The predicted molar refractivity (Wildman–Crippen MR) is 75.7 cm³/mol. The lowest BCUT2D eigenvalue weighted by Crippen LogP contribution is -2.15. The van der Waals surface area contributed by atoms with Gasteiger partial charge in [0.15, 0.2) is 0 Å². The summed E-state index contributed by atoms with van der Waals surface area (Å²) in [6.07, 6.45) is 2.89. The van der Waals surface area contributed by atoms with Gasteiger partial charge in [-0.1, -0.05) is 0 Å². The van der Waals surface area contributed by atoms with E-state index in [9.17, 15) is 9.18 Å². The summed E-state index contributed by atoms with van der Waals surface area (Å²) < 4.78 is 13.5. The second-order valence-corrected chi connectivity index (χ2v) is 4.70. The first-order valence-electron chi connectivity index (χ1n) is 5.04. The van der Waals surface area contributed by atoms with Crippen LogP contribution in [0.4, 0.5) is 15.8 Å². The molecule has 1 amide bonds. The van der Waals surface area contributed by atoms with Crippen LogP contribution in [0.15, 0.2) is 36.7 Å². The van der Waals surface area contributed by atoms with Crippen LogP contribution in [0, 0.1) is 9.39 Å². The largest absolute Gasteiger partial charge is 0.397 e. The molecule has 3 N–H and O–H groups in total. The number of nitrogen functional groups attached to an aromatic ring is 1. The van der Waals surface area contributed by atoms with E-state index < -0.39 is 0 Å². The maximum absolute atomic E-state index is 12.9. The topological polar surface area (TPSA) is 68.0 Å². The first-order chi connectivity index (χ1) is 8.58. The summed E-state index contributed by atoms with van der Waals surface area (Å²) in [6, 6.07) is 5.66. The molecule has 0 saturated carbocycles. The molecular weight excluding hydrogens is 348 g/mol. The number of nitrogens with zero attached hydrogens (tertiary/aromatic N) is 1. The third-order valence-electron chi connectivity index (χ3n) is 2.28. The van der Waals surface area contributed by atoms with Gasteiger partial charge in [-0.15, -0.1) is 0 Å². The highest BCUT2D eigenvalue weighted by Gasteiger charge is 2.11. The van der Waals surface area contributed by atoms with Gasteiger partial charge in [0.2, 0.25) is 0 Å². The summed E-state index contributed by atoms with van der Waals surface area (Å²) in [6.45, 7) is 0. The zero-order chi connectivity index (χ0) is 13.1. The highest BCUT2D eigenvalue weighted by Crippen LogP contribution is 2.20. The van der Waals surface area contributed by atoms with E-state index in [1.807, 2.05) is 22.6 Å². The van der Waals surface area contributed by atoms with Crippen LogP contribution in [-0.4, -0.2) is 10.9 Å². The zero-order valence-corrected chi connectivity index (χ0v) is 11.3. The fraction of sp³-hybridized carbons (Fsp3) is 0. The number of amides is 1. The molecule has 0 fully saturated rings. The molecule has 0 atom stereocenters. The highest BCUT2D eigenvalue weighted by atomic mass is 127. The maximum atomic E-state index is 12.9. The van der Waals surface area contributed by atoms with E-state index in [0.29, 0.717) is 20.5 Å². The van der Waals surface area contributed by atoms with Crippen molar-refractivity contribution in [3.63, 3.8) is 0 Å². The van der Waals surface area contributed by atoms with Crippen LogP contribution in [-0.2, 0) is 0 Å². The molecule has 0 saturated heterocycles. The van der Waals surface area contributed by atoms with E-state index in [4.69, 9.17) is 5.73 Å². The Balaban J connectivity index is 2.24. The second-order valence-electron chi connectivity index (χ2n) is 3.54. The smallest absolute Gasteiger partial charge is 0.257 e. The molecule has 2 rings (SSSR count). The van der Waals surface area contributed by atoms with Crippen molar-refractivity contribution in [1.29, 1.82) is 0 Å².